The average Bonchev–Trinajstić information content (AvgIpc) is 3.21. The predicted molar refractivity (Wildman–Crippen MR) is 139 cm³/mol. The van der Waals surface area contributed by atoms with Gasteiger partial charge in [-0.15, -0.1) is 0 Å². The molecule has 0 amide bonds. The second-order valence-corrected chi connectivity index (χ2v) is 9.63. The number of fused-ring (bicyclic) bond motifs is 2. The molecular formula is C27H29F2N7O2. The Morgan fingerprint density at radius 1 is 1.16 bits per heavy atom. The molecule has 1 aliphatic rings. The number of imidazole rings is 1. The van der Waals surface area contributed by atoms with E-state index in [1.54, 1.807) is 6.07 Å². The second-order valence-electron chi connectivity index (χ2n) is 9.63. The number of anilines is 2. The first-order chi connectivity index (χ1) is 18.2. The van der Waals surface area contributed by atoms with Crippen molar-refractivity contribution in [2.24, 2.45) is 0 Å². The van der Waals surface area contributed by atoms with Crippen LogP contribution in [0.5, 0.6) is 0 Å². The van der Waals surface area contributed by atoms with Crippen molar-refractivity contribution in [1.29, 1.82) is 0 Å². The van der Waals surface area contributed by atoms with Crippen molar-refractivity contribution in [3.05, 3.63) is 59.2 Å². The summed E-state index contributed by atoms with van der Waals surface area (Å²) in [5.41, 5.74) is 3.15. The van der Waals surface area contributed by atoms with Crippen LogP contribution in [0.4, 0.5) is 20.5 Å². The van der Waals surface area contributed by atoms with Gasteiger partial charge in [-0.05, 0) is 44.5 Å². The lowest BCUT2D eigenvalue weighted by atomic mass is 10.1. The lowest BCUT2D eigenvalue weighted by Gasteiger charge is -2.28. The normalized spacial score (nSPS) is 13.7. The Bertz CT molecular complexity index is 1520. The number of rotatable bonds is 7. The molecule has 0 fully saturated rings. The van der Waals surface area contributed by atoms with Gasteiger partial charge in [-0.25, -0.2) is 28.7 Å². The summed E-state index contributed by atoms with van der Waals surface area (Å²) in [6.45, 7) is 9.71. The highest BCUT2D eigenvalue weighted by Crippen LogP contribution is 2.30. The average molecular weight is 522 g/mol. The van der Waals surface area contributed by atoms with E-state index in [0.717, 1.165) is 30.4 Å². The van der Waals surface area contributed by atoms with Crippen LogP contribution in [0.3, 0.4) is 0 Å². The summed E-state index contributed by atoms with van der Waals surface area (Å²) in [6.07, 6.45) is 1.81. The fourth-order valence-electron chi connectivity index (χ4n) is 4.86. The molecule has 0 aliphatic carbocycles. The third-order valence-electron chi connectivity index (χ3n) is 6.54. The Morgan fingerprint density at radius 2 is 1.97 bits per heavy atom. The molecule has 4 heterocycles. The van der Waals surface area contributed by atoms with Gasteiger partial charge in [0.2, 0.25) is 5.95 Å². The molecule has 0 atom stereocenters. The van der Waals surface area contributed by atoms with E-state index in [1.165, 1.54) is 13.0 Å². The van der Waals surface area contributed by atoms with Gasteiger partial charge in [0.05, 0.1) is 11.7 Å². The Labute approximate surface area is 218 Å². The number of aryl methyl sites for hydroxylation is 1. The van der Waals surface area contributed by atoms with E-state index in [9.17, 15) is 13.6 Å². The molecule has 0 spiro atoms. The highest BCUT2D eigenvalue weighted by atomic mass is 19.1. The van der Waals surface area contributed by atoms with Crippen LogP contribution in [0.15, 0.2) is 30.5 Å². The van der Waals surface area contributed by atoms with Gasteiger partial charge in [-0.2, -0.15) is 0 Å². The molecule has 5 rings (SSSR count). The number of hydrogen-bond acceptors (Lipinski definition) is 8. The number of benzene rings is 1. The van der Waals surface area contributed by atoms with Crippen molar-refractivity contribution >= 4 is 28.8 Å². The van der Waals surface area contributed by atoms with E-state index in [0.29, 0.717) is 42.4 Å². The van der Waals surface area contributed by atoms with Crippen LogP contribution in [-0.4, -0.2) is 55.1 Å². The molecule has 0 unspecified atom stereocenters. The highest BCUT2D eigenvalue weighted by molar-refractivity contribution is 5.83. The van der Waals surface area contributed by atoms with E-state index >= 15 is 0 Å². The second kappa shape index (κ2) is 10.4. The predicted octanol–water partition coefficient (Wildman–Crippen LogP) is 4.72. The lowest BCUT2D eigenvalue weighted by molar-refractivity contribution is -0.141. The summed E-state index contributed by atoms with van der Waals surface area (Å²) in [6, 6.07) is 6.80. The van der Waals surface area contributed by atoms with Gasteiger partial charge >= 0.3 is 5.97 Å². The molecule has 0 saturated heterocycles. The van der Waals surface area contributed by atoms with Crippen LogP contribution >= 0.6 is 0 Å². The van der Waals surface area contributed by atoms with Gasteiger partial charge in [0.25, 0.3) is 0 Å². The van der Waals surface area contributed by atoms with Crippen LogP contribution in [0.1, 0.15) is 43.9 Å². The summed E-state index contributed by atoms with van der Waals surface area (Å²) in [5, 5.41) is 3.05. The Kier molecular flexibility index (Phi) is 7.02. The number of esters is 1. The minimum Gasteiger partial charge on any atom is -0.465 e. The van der Waals surface area contributed by atoms with E-state index in [4.69, 9.17) is 9.72 Å². The van der Waals surface area contributed by atoms with Crippen LogP contribution in [0.25, 0.3) is 22.3 Å². The first kappa shape index (κ1) is 25.7. The number of carbonyl (C=O) groups excluding carboxylic acids is 1. The molecule has 1 aromatic carbocycles. The third-order valence-corrected chi connectivity index (χ3v) is 6.54. The molecule has 198 valence electrons. The number of nitrogens with zero attached hydrogens (tertiary/aromatic N) is 6. The SMILES string of the molecule is CC(=O)OCCN1CCc2nc(Nc3ncc(F)c(-c4cc(F)c5nc(C)n(C(C)C)c5c4)n3)ccc2C1. The summed E-state index contributed by atoms with van der Waals surface area (Å²) >= 11 is 0. The summed E-state index contributed by atoms with van der Waals surface area (Å²) in [5.74, 6) is -0.109. The maximum Gasteiger partial charge on any atom is 0.302 e. The van der Waals surface area contributed by atoms with Crippen LogP contribution in [-0.2, 0) is 22.5 Å². The van der Waals surface area contributed by atoms with Gasteiger partial charge in [-0.3, -0.25) is 9.69 Å². The molecule has 1 aliphatic heterocycles. The molecule has 0 bridgehead atoms. The number of halogens is 2. The lowest BCUT2D eigenvalue weighted by Crippen LogP contribution is -2.34. The Balaban J connectivity index is 1.38. The van der Waals surface area contributed by atoms with Crippen molar-refractivity contribution in [3.8, 4) is 11.3 Å². The van der Waals surface area contributed by atoms with Crippen molar-refractivity contribution in [1.82, 2.24) is 29.4 Å². The zero-order chi connectivity index (χ0) is 27.0. The largest absolute Gasteiger partial charge is 0.465 e. The minimum absolute atomic E-state index is 0.0150. The highest BCUT2D eigenvalue weighted by Gasteiger charge is 2.20. The van der Waals surface area contributed by atoms with Crippen molar-refractivity contribution in [2.75, 3.05) is 25.0 Å². The molecule has 3 aromatic heterocycles. The maximum absolute atomic E-state index is 15.0. The summed E-state index contributed by atoms with van der Waals surface area (Å²) < 4.78 is 36.8. The number of carbonyl (C=O) groups is 1. The number of hydrogen-bond donors (Lipinski definition) is 1. The molecule has 9 nitrogen and oxygen atoms in total. The van der Waals surface area contributed by atoms with Gasteiger partial charge in [0.15, 0.2) is 11.6 Å². The summed E-state index contributed by atoms with van der Waals surface area (Å²) in [7, 11) is 0. The fraction of sp³-hybridized carbons (Fsp3) is 0.370. The monoisotopic (exact) mass is 521 g/mol. The standard InChI is InChI=1S/C27H29F2N7O2/c1-15(2)36-16(3)31-26-20(28)11-19(12-23(26)36)25-21(29)13-30-27(34-25)33-24-6-5-18-14-35(8-7-22(18)32-24)9-10-38-17(4)37/h5-6,11-13,15H,7-10,14H2,1-4H3,(H,30,32,33,34). The molecule has 1 N–H and O–H groups in total. The number of nitrogens with one attached hydrogen (secondary N) is 1. The van der Waals surface area contributed by atoms with E-state index in [-0.39, 0.29) is 29.2 Å². The number of pyridine rings is 1. The molecule has 0 radical (unpaired) electrons. The summed E-state index contributed by atoms with van der Waals surface area (Å²) in [4.78, 5) is 30.7. The Morgan fingerprint density at radius 3 is 2.74 bits per heavy atom. The quantitative estimate of drug-likeness (QED) is 0.349. The van der Waals surface area contributed by atoms with Gasteiger partial charge in [0.1, 0.15) is 29.5 Å². The first-order valence-corrected chi connectivity index (χ1v) is 12.5. The van der Waals surface area contributed by atoms with Gasteiger partial charge in [0, 0.05) is 50.3 Å². The third kappa shape index (κ3) is 5.19. The molecule has 4 aromatic rings. The number of ether oxygens (including phenoxy) is 1. The molecular weight excluding hydrogens is 492 g/mol. The molecule has 0 saturated carbocycles. The van der Waals surface area contributed by atoms with Crippen molar-refractivity contribution in [2.45, 2.75) is 46.7 Å². The Hall–Kier alpha value is -3.99. The molecule has 11 heteroatoms. The minimum atomic E-state index is -0.658. The zero-order valence-corrected chi connectivity index (χ0v) is 21.8. The van der Waals surface area contributed by atoms with Crippen LogP contribution < -0.4 is 5.32 Å². The van der Waals surface area contributed by atoms with Crippen LogP contribution in [0.2, 0.25) is 0 Å². The molecule has 38 heavy (non-hydrogen) atoms. The van der Waals surface area contributed by atoms with Gasteiger partial charge in [-0.1, -0.05) is 6.07 Å². The van der Waals surface area contributed by atoms with E-state index in [1.807, 2.05) is 37.5 Å². The zero-order valence-electron chi connectivity index (χ0n) is 21.8. The topological polar surface area (TPSA) is 98.1 Å². The number of aromatic nitrogens is 5. The first-order valence-electron chi connectivity index (χ1n) is 12.5. The van der Waals surface area contributed by atoms with Crippen LogP contribution in [0, 0.1) is 18.6 Å². The van der Waals surface area contributed by atoms with Crippen molar-refractivity contribution < 1.29 is 18.3 Å². The maximum atomic E-state index is 15.0. The smallest absolute Gasteiger partial charge is 0.302 e. The van der Waals surface area contributed by atoms with Crippen molar-refractivity contribution in [3.63, 3.8) is 0 Å². The fourth-order valence-corrected chi connectivity index (χ4v) is 4.86. The van der Waals surface area contributed by atoms with Gasteiger partial charge < -0.3 is 14.6 Å². The van der Waals surface area contributed by atoms with E-state index in [2.05, 4.69) is 25.2 Å². The van der Waals surface area contributed by atoms with E-state index < -0.39 is 11.6 Å².